The summed E-state index contributed by atoms with van der Waals surface area (Å²) in [4.78, 5) is 0. The molecule has 0 saturated heterocycles. The van der Waals surface area contributed by atoms with Crippen LogP contribution in [0.5, 0.6) is 0 Å². The van der Waals surface area contributed by atoms with Gasteiger partial charge in [0.1, 0.15) is 0 Å². The van der Waals surface area contributed by atoms with E-state index >= 15 is 0 Å². The third-order valence-electron chi connectivity index (χ3n) is 1.97. The van der Waals surface area contributed by atoms with E-state index in [4.69, 9.17) is 0 Å². The molecule has 0 saturated carbocycles. The van der Waals surface area contributed by atoms with Gasteiger partial charge < -0.3 is 5.32 Å². The summed E-state index contributed by atoms with van der Waals surface area (Å²) in [6.07, 6.45) is 2.25. The molecule has 0 aliphatic rings. The van der Waals surface area contributed by atoms with Gasteiger partial charge in [0.05, 0.1) is 9.52 Å². The molecular weight excluding hydrogens is 174 g/mol. The molecule has 1 nitrogen and oxygen atoms in total. The Morgan fingerprint density at radius 3 is 2.23 bits per heavy atom. The Morgan fingerprint density at radius 1 is 1.38 bits per heavy atom. The lowest BCUT2D eigenvalue weighted by Gasteiger charge is -2.22. The summed E-state index contributed by atoms with van der Waals surface area (Å²) < 4.78 is 0. The minimum atomic E-state index is -0.106. The molecule has 0 heterocycles. The molecular formula is C11H25NSi. The van der Waals surface area contributed by atoms with Crippen molar-refractivity contribution in [2.45, 2.75) is 46.6 Å². The van der Waals surface area contributed by atoms with E-state index in [1.54, 1.807) is 5.20 Å². The highest BCUT2D eigenvalue weighted by molar-refractivity contribution is 6.48. The molecule has 0 aromatic rings. The van der Waals surface area contributed by atoms with Gasteiger partial charge in [0.25, 0.3) is 0 Å². The zero-order chi connectivity index (χ0) is 10.5. The lowest BCUT2D eigenvalue weighted by atomic mass is 10.2. The van der Waals surface area contributed by atoms with E-state index in [0.29, 0.717) is 11.0 Å². The molecule has 0 aromatic carbocycles. The second kappa shape index (κ2) is 5.48. The fourth-order valence-corrected chi connectivity index (χ4v) is 3.15. The zero-order valence-corrected chi connectivity index (χ0v) is 11.5. The van der Waals surface area contributed by atoms with E-state index in [9.17, 15) is 0 Å². The van der Waals surface area contributed by atoms with Gasteiger partial charge in [-0.1, -0.05) is 39.8 Å². The average molecular weight is 199 g/mol. The van der Waals surface area contributed by atoms with Crippen molar-refractivity contribution in [3.8, 4) is 0 Å². The van der Waals surface area contributed by atoms with Crippen molar-refractivity contribution in [1.29, 1.82) is 0 Å². The molecule has 0 aromatic heterocycles. The van der Waals surface area contributed by atoms with Gasteiger partial charge in [0.2, 0.25) is 0 Å². The highest BCUT2D eigenvalue weighted by Gasteiger charge is 2.15. The summed E-state index contributed by atoms with van der Waals surface area (Å²) in [6.45, 7) is 14.8. The SMILES string of the molecule is CCNC=C([SiH2]C(C)(C)C)C(C)C. The highest BCUT2D eigenvalue weighted by Crippen LogP contribution is 2.25. The first kappa shape index (κ1) is 12.8. The van der Waals surface area contributed by atoms with Crippen LogP contribution in [0.3, 0.4) is 0 Å². The van der Waals surface area contributed by atoms with Crippen molar-refractivity contribution in [2.24, 2.45) is 5.92 Å². The van der Waals surface area contributed by atoms with Gasteiger partial charge in [-0.3, -0.25) is 0 Å². The van der Waals surface area contributed by atoms with Gasteiger partial charge in [-0.2, -0.15) is 0 Å². The van der Waals surface area contributed by atoms with E-state index in [0.717, 1.165) is 6.54 Å². The third-order valence-corrected chi connectivity index (χ3v) is 4.46. The van der Waals surface area contributed by atoms with Crippen molar-refractivity contribution in [2.75, 3.05) is 6.54 Å². The van der Waals surface area contributed by atoms with Crippen LogP contribution in [-0.4, -0.2) is 16.1 Å². The van der Waals surface area contributed by atoms with Crippen molar-refractivity contribution in [3.05, 3.63) is 11.4 Å². The molecule has 0 amide bonds. The minimum absolute atomic E-state index is 0.106. The molecule has 0 fully saturated rings. The van der Waals surface area contributed by atoms with Crippen molar-refractivity contribution >= 4 is 9.52 Å². The van der Waals surface area contributed by atoms with Crippen LogP contribution in [0.4, 0.5) is 0 Å². The normalized spacial score (nSPS) is 14.5. The average Bonchev–Trinajstić information content (AvgIpc) is 1.95. The van der Waals surface area contributed by atoms with E-state index in [-0.39, 0.29) is 9.52 Å². The monoisotopic (exact) mass is 199 g/mol. The Balaban J connectivity index is 4.27. The van der Waals surface area contributed by atoms with Crippen LogP contribution in [0.25, 0.3) is 0 Å². The first-order valence-corrected chi connectivity index (χ1v) is 6.70. The van der Waals surface area contributed by atoms with E-state index in [2.05, 4.69) is 53.1 Å². The van der Waals surface area contributed by atoms with E-state index in [1.165, 1.54) is 0 Å². The smallest absolute Gasteiger partial charge is 0.0571 e. The molecule has 0 bridgehead atoms. The summed E-state index contributed by atoms with van der Waals surface area (Å²) in [5.41, 5.74) is 0. The van der Waals surface area contributed by atoms with Crippen LogP contribution in [-0.2, 0) is 0 Å². The molecule has 0 unspecified atom stereocenters. The summed E-state index contributed by atoms with van der Waals surface area (Å²) in [5.74, 6) is 0.713. The molecule has 0 radical (unpaired) electrons. The predicted octanol–water partition coefficient (Wildman–Crippen LogP) is 2.48. The Bertz CT molecular complexity index is 165. The summed E-state index contributed by atoms with van der Waals surface area (Å²) in [7, 11) is -0.106. The molecule has 13 heavy (non-hydrogen) atoms. The molecule has 0 rings (SSSR count). The Kier molecular flexibility index (Phi) is 5.38. The van der Waals surface area contributed by atoms with Crippen LogP contribution in [0.2, 0.25) is 5.04 Å². The summed E-state index contributed by atoms with van der Waals surface area (Å²) in [5, 5.41) is 5.52. The Morgan fingerprint density at radius 2 is 1.92 bits per heavy atom. The number of nitrogens with one attached hydrogen (secondary N) is 1. The standard InChI is InChI=1S/C11H25NSi/c1-7-12-8-10(9(2)3)13-11(4,5)6/h8-9,12H,7,13H2,1-6H3. The van der Waals surface area contributed by atoms with Gasteiger partial charge in [0.15, 0.2) is 0 Å². The second-order valence-corrected chi connectivity index (χ2v) is 8.46. The number of hydrogen-bond donors (Lipinski definition) is 1. The van der Waals surface area contributed by atoms with Crippen LogP contribution in [0.15, 0.2) is 11.4 Å². The maximum absolute atomic E-state index is 3.32. The van der Waals surface area contributed by atoms with Crippen molar-refractivity contribution in [3.63, 3.8) is 0 Å². The number of allylic oxidation sites excluding steroid dienone is 1. The topological polar surface area (TPSA) is 12.0 Å². The van der Waals surface area contributed by atoms with Gasteiger partial charge in [0, 0.05) is 6.54 Å². The number of rotatable bonds is 4. The maximum atomic E-state index is 3.32. The Labute approximate surface area is 85.8 Å². The van der Waals surface area contributed by atoms with Crippen LogP contribution in [0, 0.1) is 5.92 Å². The van der Waals surface area contributed by atoms with Crippen LogP contribution >= 0.6 is 0 Å². The third kappa shape index (κ3) is 6.88. The second-order valence-electron chi connectivity index (χ2n) is 5.17. The van der Waals surface area contributed by atoms with Gasteiger partial charge in [-0.05, 0) is 24.1 Å². The molecule has 78 valence electrons. The quantitative estimate of drug-likeness (QED) is 0.686. The Hall–Kier alpha value is -0.243. The van der Waals surface area contributed by atoms with E-state index in [1.807, 2.05) is 0 Å². The van der Waals surface area contributed by atoms with Gasteiger partial charge >= 0.3 is 0 Å². The van der Waals surface area contributed by atoms with Crippen LogP contribution in [0.1, 0.15) is 41.5 Å². The molecule has 0 spiro atoms. The maximum Gasteiger partial charge on any atom is 0.0571 e. The largest absolute Gasteiger partial charge is 0.392 e. The highest BCUT2D eigenvalue weighted by atomic mass is 28.2. The molecule has 0 aliphatic heterocycles. The lowest BCUT2D eigenvalue weighted by molar-refractivity contribution is 0.729. The predicted molar refractivity (Wildman–Crippen MR) is 64.9 cm³/mol. The summed E-state index contributed by atoms with van der Waals surface area (Å²) in [6, 6.07) is 0. The first-order chi connectivity index (χ1) is 5.87. The van der Waals surface area contributed by atoms with Gasteiger partial charge in [-0.25, -0.2) is 0 Å². The van der Waals surface area contributed by atoms with Crippen molar-refractivity contribution < 1.29 is 0 Å². The van der Waals surface area contributed by atoms with Gasteiger partial charge in [-0.15, -0.1) is 0 Å². The molecule has 1 N–H and O–H groups in total. The minimum Gasteiger partial charge on any atom is -0.392 e. The zero-order valence-electron chi connectivity index (χ0n) is 10.1. The fraction of sp³-hybridized carbons (Fsp3) is 0.818. The lowest BCUT2D eigenvalue weighted by Crippen LogP contribution is -2.18. The molecule has 0 aliphatic carbocycles. The van der Waals surface area contributed by atoms with Crippen molar-refractivity contribution in [1.82, 2.24) is 5.32 Å². The summed E-state index contributed by atoms with van der Waals surface area (Å²) >= 11 is 0. The van der Waals surface area contributed by atoms with Crippen LogP contribution < -0.4 is 5.32 Å². The fourth-order valence-electron chi connectivity index (χ4n) is 1.27. The number of hydrogen-bond acceptors (Lipinski definition) is 1. The first-order valence-electron chi connectivity index (χ1n) is 5.29. The molecule has 0 atom stereocenters. The molecule has 2 heteroatoms. The van der Waals surface area contributed by atoms with E-state index < -0.39 is 0 Å².